The smallest absolute Gasteiger partial charge is 0.224 e. The van der Waals surface area contributed by atoms with Gasteiger partial charge in [0.1, 0.15) is 0 Å². The maximum atomic E-state index is 11.5. The van der Waals surface area contributed by atoms with Gasteiger partial charge >= 0.3 is 0 Å². The van der Waals surface area contributed by atoms with E-state index in [0.717, 1.165) is 24.2 Å². The number of anilines is 2. The van der Waals surface area contributed by atoms with E-state index in [4.69, 9.17) is 0 Å². The van der Waals surface area contributed by atoms with Crippen LogP contribution >= 0.6 is 0 Å². The fraction of sp³-hybridized carbons (Fsp3) is 0.611. The van der Waals surface area contributed by atoms with Crippen molar-refractivity contribution in [3.63, 3.8) is 0 Å². The van der Waals surface area contributed by atoms with Crippen LogP contribution in [0, 0.1) is 11.8 Å². The third-order valence-electron chi connectivity index (χ3n) is 3.35. The van der Waals surface area contributed by atoms with Crippen LogP contribution in [-0.4, -0.2) is 11.9 Å². The lowest BCUT2D eigenvalue weighted by Crippen LogP contribution is -2.23. The maximum absolute atomic E-state index is 11.5. The predicted molar refractivity (Wildman–Crippen MR) is 91.7 cm³/mol. The van der Waals surface area contributed by atoms with E-state index in [1.165, 1.54) is 0 Å². The van der Waals surface area contributed by atoms with E-state index in [1.54, 1.807) is 0 Å². The van der Waals surface area contributed by atoms with Gasteiger partial charge in [-0.25, -0.2) is 0 Å². The second-order valence-corrected chi connectivity index (χ2v) is 6.58. The van der Waals surface area contributed by atoms with Gasteiger partial charge in [0, 0.05) is 23.8 Å². The molecular formula is C18H30N2O. The fourth-order valence-corrected chi connectivity index (χ4v) is 2.52. The summed E-state index contributed by atoms with van der Waals surface area (Å²) in [6.07, 6.45) is 2.81. The van der Waals surface area contributed by atoms with Crippen LogP contribution in [-0.2, 0) is 4.79 Å². The van der Waals surface area contributed by atoms with Crippen molar-refractivity contribution in [1.82, 2.24) is 0 Å². The number of amides is 1. The topological polar surface area (TPSA) is 41.1 Å². The Bertz CT molecular complexity index is 431. The molecule has 0 atom stereocenters. The summed E-state index contributed by atoms with van der Waals surface area (Å²) in [6.45, 7) is 10.9. The second-order valence-electron chi connectivity index (χ2n) is 6.58. The van der Waals surface area contributed by atoms with Crippen LogP contribution in [0.2, 0.25) is 0 Å². The molecule has 0 radical (unpaired) electrons. The summed E-state index contributed by atoms with van der Waals surface area (Å²) in [7, 11) is 0. The number of benzene rings is 1. The third-order valence-corrected chi connectivity index (χ3v) is 3.35. The van der Waals surface area contributed by atoms with Gasteiger partial charge in [0.2, 0.25) is 5.91 Å². The van der Waals surface area contributed by atoms with Crippen LogP contribution in [0.5, 0.6) is 0 Å². The Kier molecular flexibility index (Phi) is 7.27. The Hall–Kier alpha value is -1.51. The molecule has 0 bridgehead atoms. The first-order chi connectivity index (χ1) is 9.90. The van der Waals surface area contributed by atoms with Crippen molar-refractivity contribution >= 4 is 17.3 Å². The van der Waals surface area contributed by atoms with E-state index in [0.29, 0.717) is 24.3 Å². The number of carbonyl (C=O) groups is 1. The van der Waals surface area contributed by atoms with Crippen molar-refractivity contribution in [3.05, 3.63) is 24.3 Å². The monoisotopic (exact) mass is 290 g/mol. The average Bonchev–Trinajstić information content (AvgIpc) is 2.37. The van der Waals surface area contributed by atoms with Gasteiger partial charge in [0.05, 0.1) is 0 Å². The number of carbonyl (C=O) groups excluding carboxylic acids is 1. The molecule has 0 aliphatic heterocycles. The normalized spacial score (nSPS) is 11.2. The van der Waals surface area contributed by atoms with E-state index in [2.05, 4.69) is 44.4 Å². The lowest BCUT2D eigenvalue weighted by atomic mass is 9.95. The van der Waals surface area contributed by atoms with Crippen molar-refractivity contribution < 1.29 is 4.79 Å². The molecule has 21 heavy (non-hydrogen) atoms. The third kappa shape index (κ3) is 7.16. The van der Waals surface area contributed by atoms with Gasteiger partial charge in [-0.15, -0.1) is 0 Å². The van der Waals surface area contributed by atoms with E-state index in [1.807, 2.05) is 25.1 Å². The van der Waals surface area contributed by atoms with E-state index in [9.17, 15) is 4.79 Å². The van der Waals surface area contributed by atoms with Crippen molar-refractivity contribution in [2.24, 2.45) is 11.8 Å². The first kappa shape index (κ1) is 17.5. The first-order valence-electron chi connectivity index (χ1n) is 8.07. The lowest BCUT2D eigenvalue weighted by Gasteiger charge is -2.24. The summed E-state index contributed by atoms with van der Waals surface area (Å²) in [5.74, 6) is 1.39. The van der Waals surface area contributed by atoms with Crippen LogP contribution in [0.15, 0.2) is 24.3 Å². The number of hydrogen-bond acceptors (Lipinski definition) is 2. The van der Waals surface area contributed by atoms with Crippen LogP contribution < -0.4 is 10.6 Å². The zero-order valence-electron chi connectivity index (χ0n) is 14.1. The van der Waals surface area contributed by atoms with Gasteiger partial charge in [-0.2, -0.15) is 0 Å². The van der Waals surface area contributed by atoms with E-state index >= 15 is 0 Å². The minimum absolute atomic E-state index is 0.0491. The molecule has 0 saturated heterocycles. The molecular weight excluding hydrogens is 260 g/mol. The molecule has 1 aromatic carbocycles. The highest BCUT2D eigenvalue weighted by atomic mass is 16.1. The van der Waals surface area contributed by atoms with Crippen molar-refractivity contribution in [1.29, 1.82) is 0 Å². The molecule has 2 N–H and O–H groups in total. The zero-order valence-corrected chi connectivity index (χ0v) is 14.1. The minimum atomic E-state index is 0.0491. The van der Waals surface area contributed by atoms with Crippen LogP contribution in [0.25, 0.3) is 0 Å². The van der Waals surface area contributed by atoms with Crippen LogP contribution in [0.4, 0.5) is 11.4 Å². The average molecular weight is 290 g/mol. The Labute approximate surface area is 129 Å². The van der Waals surface area contributed by atoms with Gasteiger partial charge in [0.25, 0.3) is 0 Å². The molecule has 0 fully saturated rings. The van der Waals surface area contributed by atoms with Gasteiger partial charge in [-0.05, 0) is 42.9 Å². The molecule has 118 valence electrons. The molecule has 1 amide bonds. The maximum Gasteiger partial charge on any atom is 0.224 e. The molecule has 0 saturated carbocycles. The summed E-state index contributed by atoms with van der Waals surface area (Å²) in [4.78, 5) is 11.5. The van der Waals surface area contributed by atoms with Gasteiger partial charge in [-0.1, -0.05) is 40.7 Å². The molecule has 1 aromatic rings. The van der Waals surface area contributed by atoms with Crippen molar-refractivity contribution in [2.45, 2.75) is 59.9 Å². The molecule has 0 unspecified atom stereocenters. The summed E-state index contributed by atoms with van der Waals surface area (Å²) < 4.78 is 0. The Morgan fingerprint density at radius 2 is 1.62 bits per heavy atom. The largest absolute Gasteiger partial charge is 0.382 e. The fourth-order valence-electron chi connectivity index (χ4n) is 2.52. The molecule has 3 nitrogen and oxygen atoms in total. The highest BCUT2D eigenvalue weighted by Crippen LogP contribution is 2.21. The molecule has 0 heterocycles. The van der Waals surface area contributed by atoms with Gasteiger partial charge < -0.3 is 10.6 Å². The molecule has 0 spiro atoms. The lowest BCUT2D eigenvalue weighted by molar-refractivity contribution is -0.115. The zero-order chi connectivity index (χ0) is 15.8. The molecule has 0 aliphatic rings. The summed E-state index contributed by atoms with van der Waals surface area (Å²) in [6, 6.07) is 8.46. The van der Waals surface area contributed by atoms with Crippen molar-refractivity contribution in [3.8, 4) is 0 Å². The summed E-state index contributed by atoms with van der Waals surface area (Å²) >= 11 is 0. The second kappa shape index (κ2) is 8.71. The SMILES string of the molecule is CCC(=O)Nc1cccc(NC(CC(C)C)CC(C)C)c1. The number of nitrogens with one attached hydrogen (secondary N) is 2. The Balaban J connectivity index is 2.73. The number of hydrogen-bond donors (Lipinski definition) is 2. The predicted octanol–water partition coefficient (Wildman–Crippen LogP) is 4.91. The first-order valence-corrected chi connectivity index (χ1v) is 8.07. The Morgan fingerprint density at radius 3 is 2.14 bits per heavy atom. The molecule has 0 aromatic heterocycles. The van der Waals surface area contributed by atoms with Gasteiger partial charge in [-0.3, -0.25) is 4.79 Å². The standard InChI is InChI=1S/C18H30N2O/c1-6-18(21)20-16-9-7-8-15(12-16)19-17(10-13(2)3)11-14(4)5/h7-9,12-14,17,19H,6,10-11H2,1-5H3,(H,20,21). The highest BCUT2D eigenvalue weighted by molar-refractivity contribution is 5.90. The summed E-state index contributed by atoms with van der Waals surface area (Å²) in [5, 5.41) is 6.53. The van der Waals surface area contributed by atoms with Crippen LogP contribution in [0.1, 0.15) is 53.9 Å². The summed E-state index contributed by atoms with van der Waals surface area (Å²) in [5.41, 5.74) is 1.94. The molecule has 0 aliphatic carbocycles. The molecule has 1 rings (SSSR count). The van der Waals surface area contributed by atoms with Crippen LogP contribution in [0.3, 0.4) is 0 Å². The highest BCUT2D eigenvalue weighted by Gasteiger charge is 2.13. The van der Waals surface area contributed by atoms with Gasteiger partial charge in [0.15, 0.2) is 0 Å². The quantitative estimate of drug-likeness (QED) is 0.714. The molecule has 3 heteroatoms. The minimum Gasteiger partial charge on any atom is -0.382 e. The number of rotatable bonds is 8. The Morgan fingerprint density at radius 1 is 1.05 bits per heavy atom. The van der Waals surface area contributed by atoms with Crippen molar-refractivity contribution in [2.75, 3.05) is 10.6 Å². The van der Waals surface area contributed by atoms with E-state index < -0.39 is 0 Å². The van der Waals surface area contributed by atoms with E-state index in [-0.39, 0.29) is 5.91 Å².